The van der Waals surface area contributed by atoms with Gasteiger partial charge in [-0.3, -0.25) is 14.2 Å². The molecule has 1 aromatic heterocycles. The normalized spacial score (nSPS) is 11.4. The molecule has 0 fully saturated rings. The third kappa shape index (κ3) is 5.83. The van der Waals surface area contributed by atoms with E-state index in [2.05, 4.69) is 36.3 Å². The number of aromatic nitrogens is 2. The number of amides is 1. The Kier molecular flexibility index (Phi) is 7.87. The molecule has 0 saturated carbocycles. The summed E-state index contributed by atoms with van der Waals surface area (Å²) in [5, 5.41) is 3.86. The summed E-state index contributed by atoms with van der Waals surface area (Å²) in [6.45, 7) is 7.58. The molecule has 186 valence electrons. The molecule has 1 amide bonds. The lowest BCUT2D eigenvalue weighted by atomic mass is 10.0. The molecule has 0 aliphatic heterocycles. The van der Waals surface area contributed by atoms with E-state index < -0.39 is 0 Å². The number of nitrogens with one attached hydrogen (secondary N) is 1. The number of carbonyl (C=O) groups is 1. The number of hydrogen-bond acceptors (Lipinski definition) is 4. The molecular formula is C29H31ClN4O2. The fourth-order valence-electron chi connectivity index (χ4n) is 4.18. The first kappa shape index (κ1) is 25.6. The maximum atomic E-state index is 13.8. The van der Waals surface area contributed by atoms with Crippen LogP contribution in [0, 0.1) is 0 Å². The van der Waals surface area contributed by atoms with Crippen molar-refractivity contribution in [1.29, 1.82) is 0 Å². The first-order valence-corrected chi connectivity index (χ1v) is 12.5. The summed E-state index contributed by atoms with van der Waals surface area (Å²) >= 11 is 6.22. The number of rotatable bonds is 8. The van der Waals surface area contributed by atoms with Gasteiger partial charge in [0.15, 0.2) is 0 Å². The Balaban J connectivity index is 1.84. The number of nitrogens with zero attached hydrogens (tertiary/aromatic N) is 3. The van der Waals surface area contributed by atoms with Crippen LogP contribution in [0.25, 0.3) is 33.4 Å². The van der Waals surface area contributed by atoms with Crippen molar-refractivity contribution < 1.29 is 4.79 Å². The van der Waals surface area contributed by atoms with E-state index in [-0.39, 0.29) is 24.1 Å². The van der Waals surface area contributed by atoms with E-state index in [9.17, 15) is 9.59 Å². The van der Waals surface area contributed by atoms with Crippen LogP contribution < -0.4 is 10.9 Å². The molecule has 0 radical (unpaired) electrons. The average Bonchev–Trinajstić information content (AvgIpc) is 2.85. The summed E-state index contributed by atoms with van der Waals surface area (Å²) in [7, 11) is 2.09. The summed E-state index contributed by atoms with van der Waals surface area (Å²) in [5.74, 6) is 0.159. The molecule has 0 aliphatic carbocycles. The largest absolute Gasteiger partial charge is 0.352 e. The zero-order valence-corrected chi connectivity index (χ0v) is 21.8. The van der Waals surface area contributed by atoms with Crippen LogP contribution in [-0.2, 0) is 17.9 Å². The van der Waals surface area contributed by atoms with Gasteiger partial charge < -0.3 is 10.2 Å². The maximum absolute atomic E-state index is 13.8. The first-order chi connectivity index (χ1) is 17.2. The summed E-state index contributed by atoms with van der Waals surface area (Å²) in [4.78, 5) is 33.5. The fraction of sp³-hybridized carbons (Fsp3) is 0.276. The molecule has 0 bridgehead atoms. The van der Waals surface area contributed by atoms with Crippen LogP contribution in [-0.4, -0.2) is 40.0 Å². The molecule has 7 heteroatoms. The quantitative estimate of drug-likeness (QED) is 0.352. The Hall–Kier alpha value is -3.48. The van der Waals surface area contributed by atoms with Crippen molar-refractivity contribution in [3.05, 3.63) is 87.7 Å². The van der Waals surface area contributed by atoms with Gasteiger partial charge in [-0.2, -0.15) is 0 Å². The molecule has 0 spiro atoms. The summed E-state index contributed by atoms with van der Waals surface area (Å²) in [5.41, 5.74) is 4.14. The van der Waals surface area contributed by atoms with Crippen molar-refractivity contribution in [3.63, 3.8) is 0 Å². The van der Waals surface area contributed by atoms with Crippen LogP contribution >= 0.6 is 11.6 Å². The zero-order chi connectivity index (χ0) is 25.8. The predicted octanol–water partition coefficient (Wildman–Crippen LogP) is 5.36. The van der Waals surface area contributed by atoms with E-state index in [0.29, 0.717) is 27.3 Å². The first-order valence-electron chi connectivity index (χ1n) is 12.1. The highest BCUT2D eigenvalue weighted by Gasteiger charge is 2.17. The monoisotopic (exact) mass is 502 g/mol. The van der Waals surface area contributed by atoms with Gasteiger partial charge in [-0.05, 0) is 74.5 Å². The van der Waals surface area contributed by atoms with Gasteiger partial charge in [0.2, 0.25) is 5.91 Å². The van der Waals surface area contributed by atoms with E-state index in [1.807, 2.05) is 50.2 Å². The standard InChI is InChI=1S/C29H31ClN4O2/c1-5-33(4)17-20-8-6-9-21(14-20)22-12-13-26-25(16-22)29(36)34(18-27(35)31-19(2)3)28(32-26)23-10-7-11-24(30)15-23/h6-16,19H,5,17-18H2,1-4H3,(H,31,35). The van der Waals surface area contributed by atoms with E-state index in [1.54, 1.807) is 18.2 Å². The van der Waals surface area contributed by atoms with Gasteiger partial charge in [-0.1, -0.05) is 54.9 Å². The van der Waals surface area contributed by atoms with E-state index >= 15 is 0 Å². The van der Waals surface area contributed by atoms with Crippen molar-refractivity contribution in [1.82, 2.24) is 19.8 Å². The van der Waals surface area contributed by atoms with Gasteiger partial charge in [-0.25, -0.2) is 4.98 Å². The van der Waals surface area contributed by atoms with Gasteiger partial charge in [0.1, 0.15) is 12.4 Å². The minimum atomic E-state index is -0.266. The highest BCUT2D eigenvalue weighted by molar-refractivity contribution is 6.30. The van der Waals surface area contributed by atoms with Crippen molar-refractivity contribution in [3.8, 4) is 22.5 Å². The topological polar surface area (TPSA) is 67.2 Å². The number of hydrogen-bond donors (Lipinski definition) is 1. The molecule has 6 nitrogen and oxygen atoms in total. The highest BCUT2D eigenvalue weighted by atomic mass is 35.5. The average molecular weight is 503 g/mol. The summed E-state index contributed by atoms with van der Waals surface area (Å²) in [6, 6.07) is 21.2. The van der Waals surface area contributed by atoms with Crippen molar-refractivity contribution in [2.75, 3.05) is 13.6 Å². The van der Waals surface area contributed by atoms with Crippen molar-refractivity contribution in [2.45, 2.75) is 39.9 Å². The molecule has 1 heterocycles. The van der Waals surface area contributed by atoms with Gasteiger partial charge in [0.25, 0.3) is 5.56 Å². The minimum absolute atomic E-state index is 0.0399. The fourth-order valence-corrected chi connectivity index (χ4v) is 4.37. The van der Waals surface area contributed by atoms with E-state index in [4.69, 9.17) is 16.6 Å². The molecular weight excluding hydrogens is 472 g/mol. The molecule has 0 saturated heterocycles. The van der Waals surface area contributed by atoms with Crippen LogP contribution in [0.1, 0.15) is 26.3 Å². The van der Waals surface area contributed by atoms with Crippen LogP contribution in [0.4, 0.5) is 0 Å². The third-order valence-electron chi connectivity index (χ3n) is 6.04. The van der Waals surface area contributed by atoms with Crippen molar-refractivity contribution in [2.24, 2.45) is 0 Å². The summed E-state index contributed by atoms with van der Waals surface area (Å²) < 4.78 is 1.43. The molecule has 36 heavy (non-hydrogen) atoms. The lowest BCUT2D eigenvalue weighted by molar-refractivity contribution is -0.122. The van der Waals surface area contributed by atoms with Gasteiger partial charge >= 0.3 is 0 Å². The van der Waals surface area contributed by atoms with Gasteiger partial charge in [0.05, 0.1) is 10.9 Å². The second-order valence-electron chi connectivity index (χ2n) is 9.32. The Labute approximate surface area is 216 Å². The highest BCUT2D eigenvalue weighted by Crippen LogP contribution is 2.26. The lowest BCUT2D eigenvalue weighted by Crippen LogP contribution is -2.37. The summed E-state index contributed by atoms with van der Waals surface area (Å²) in [6.07, 6.45) is 0. The number of carbonyl (C=O) groups excluding carboxylic acids is 1. The van der Waals surface area contributed by atoms with E-state index in [0.717, 1.165) is 24.2 Å². The number of halogens is 1. The molecule has 1 N–H and O–H groups in total. The molecule has 0 atom stereocenters. The Morgan fingerprint density at radius 1 is 1.03 bits per heavy atom. The van der Waals surface area contributed by atoms with Crippen LogP contribution in [0.15, 0.2) is 71.5 Å². The lowest BCUT2D eigenvalue weighted by Gasteiger charge is -2.16. The second kappa shape index (κ2) is 11.1. The zero-order valence-electron chi connectivity index (χ0n) is 21.1. The number of benzene rings is 3. The van der Waals surface area contributed by atoms with Crippen molar-refractivity contribution >= 4 is 28.4 Å². The van der Waals surface area contributed by atoms with Gasteiger partial charge in [-0.15, -0.1) is 0 Å². The minimum Gasteiger partial charge on any atom is -0.352 e. The predicted molar refractivity (Wildman–Crippen MR) is 147 cm³/mol. The van der Waals surface area contributed by atoms with E-state index in [1.165, 1.54) is 10.1 Å². The molecule has 3 aromatic carbocycles. The Morgan fingerprint density at radius 2 is 1.75 bits per heavy atom. The van der Waals surface area contributed by atoms with Crippen LogP contribution in [0.2, 0.25) is 5.02 Å². The second-order valence-corrected chi connectivity index (χ2v) is 9.76. The molecule has 4 rings (SSSR count). The Morgan fingerprint density at radius 3 is 2.47 bits per heavy atom. The molecule has 0 unspecified atom stereocenters. The molecule has 0 aliphatic rings. The van der Waals surface area contributed by atoms with Gasteiger partial charge in [0, 0.05) is 23.2 Å². The third-order valence-corrected chi connectivity index (χ3v) is 6.28. The maximum Gasteiger partial charge on any atom is 0.262 e. The SMILES string of the molecule is CCN(C)Cc1cccc(-c2ccc3nc(-c4cccc(Cl)c4)n(CC(=O)NC(C)C)c(=O)c3c2)c1. The Bertz CT molecular complexity index is 1460. The number of fused-ring (bicyclic) bond motifs is 1. The molecule has 4 aromatic rings. The smallest absolute Gasteiger partial charge is 0.262 e. The van der Waals surface area contributed by atoms with Crippen LogP contribution in [0.5, 0.6) is 0 Å². The van der Waals surface area contributed by atoms with Crippen LogP contribution in [0.3, 0.4) is 0 Å².